The summed E-state index contributed by atoms with van der Waals surface area (Å²) in [6.45, 7) is 3.28. The van der Waals surface area contributed by atoms with Gasteiger partial charge in [-0.25, -0.2) is 0 Å². The normalized spacial score (nSPS) is 19.6. The molecule has 2 rings (SSSR count). The smallest absolute Gasteiger partial charge is 0.0334 e. The van der Waals surface area contributed by atoms with Crippen LogP contribution in [0.15, 0.2) is 24.3 Å². The molecule has 1 heterocycles. The molecule has 1 aromatic carbocycles. The van der Waals surface area contributed by atoms with E-state index in [0.29, 0.717) is 6.04 Å². The summed E-state index contributed by atoms with van der Waals surface area (Å²) in [4.78, 5) is 0. The SMILES string of the molecule is CCSCCC1NCc2ccccc21. The Bertz CT molecular complexity index is 298. The molecule has 0 aromatic heterocycles. The van der Waals surface area contributed by atoms with Crippen LogP contribution in [0.25, 0.3) is 0 Å². The molecule has 0 bridgehead atoms. The first-order valence-electron chi connectivity index (χ1n) is 5.30. The molecule has 1 unspecified atom stereocenters. The zero-order valence-corrected chi connectivity index (χ0v) is 9.44. The predicted octanol–water partition coefficient (Wildman–Crippen LogP) is 2.97. The van der Waals surface area contributed by atoms with E-state index >= 15 is 0 Å². The zero-order valence-electron chi connectivity index (χ0n) is 8.62. The van der Waals surface area contributed by atoms with Gasteiger partial charge in [0.15, 0.2) is 0 Å². The van der Waals surface area contributed by atoms with E-state index in [0.717, 1.165) is 6.54 Å². The number of benzene rings is 1. The lowest BCUT2D eigenvalue weighted by atomic mass is 10.0. The molecule has 14 heavy (non-hydrogen) atoms. The van der Waals surface area contributed by atoms with Crippen molar-refractivity contribution in [3.05, 3.63) is 35.4 Å². The number of hydrogen-bond acceptors (Lipinski definition) is 2. The Labute approximate surface area is 90.3 Å². The standard InChI is InChI=1S/C12H17NS/c1-2-14-8-7-12-11-6-4-3-5-10(11)9-13-12/h3-6,12-13H,2,7-9H2,1H3. The third-order valence-electron chi connectivity index (χ3n) is 2.72. The van der Waals surface area contributed by atoms with E-state index in [-0.39, 0.29) is 0 Å². The molecule has 0 aliphatic carbocycles. The van der Waals surface area contributed by atoms with E-state index in [2.05, 4.69) is 36.5 Å². The van der Waals surface area contributed by atoms with Gasteiger partial charge in [-0.3, -0.25) is 0 Å². The van der Waals surface area contributed by atoms with E-state index in [1.807, 2.05) is 11.8 Å². The summed E-state index contributed by atoms with van der Waals surface area (Å²) < 4.78 is 0. The summed E-state index contributed by atoms with van der Waals surface area (Å²) in [5.41, 5.74) is 3.00. The van der Waals surface area contributed by atoms with Gasteiger partial charge < -0.3 is 5.32 Å². The lowest BCUT2D eigenvalue weighted by Gasteiger charge is -2.10. The first kappa shape index (κ1) is 10.1. The highest BCUT2D eigenvalue weighted by atomic mass is 32.2. The van der Waals surface area contributed by atoms with Gasteiger partial charge in [-0.05, 0) is 29.1 Å². The molecule has 0 fully saturated rings. The maximum absolute atomic E-state index is 3.57. The predicted molar refractivity (Wildman–Crippen MR) is 63.6 cm³/mol. The fourth-order valence-corrected chi connectivity index (χ4v) is 2.67. The van der Waals surface area contributed by atoms with Crippen molar-refractivity contribution in [2.75, 3.05) is 11.5 Å². The average Bonchev–Trinajstić information content (AvgIpc) is 2.63. The molecule has 76 valence electrons. The van der Waals surface area contributed by atoms with Crippen LogP contribution in [0.5, 0.6) is 0 Å². The molecule has 0 spiro atoms. The summed E-state index contributed by atoms with van der Waals surface area (Å²) in [5.74, 6) is 2.50. The first-order chi connectivity index (χ1) is 6.92. The van der Waals surface area contributed by atoms with Crippen LogP contribution >= 0.6 is 11.8 Å². The Morgan fingerprint density at radius 1 is 1.43 bits per heavy atom. The number of fused-ring (bicyclic) bond motifs is 1. The summed E-state index contributed by atoms with van der Waals surface area (Å²) in [6, 6.07) is 9.37. The highest BCUT2D eigenvalue weighted by Gasteiger charge is 2.19. The quantitative estimate of drug-likeness (QED) is 0.762. The van der Waals surface area contributed by atoms with E-state index < -0.39 is 0 Å². The van der Waals surface area contributed by atoms with Crippen molar-refractivity contribution in [3.8, 4) is 0 Å². The Kier molecular flexibility index (Phi) is 3.49. The molecular formula is C12H17NS. The van der Waals surface area contributed by atoms with E-state index in [1.165, 1.54) is 29.1 Å². The monoisotopic (exact) mass is 207 g/mol. The minimum absolute atomic E-state index is 0.602. The van der Waals surface area contributed by atoms with Crippen molar-refractivity contribution in [2.24, 2.45) is 0 Å². The fraction of sp³-hybridized carbons (Fsp3) is 0.500. The van der Waals surface area contributed by atoms with E-state index in [4.69, 9.17) is 0 Å². The van der Waals surface area contributed by atoms with E-state index in [1.54, 1.807) is 0 Å². The van der Waals surface area contributed by atoms with Crippen LogP contribution in [0.3, 0.4) is 0 Å². The van der Waals surface area contributed by atoms with Crippen molar-refractivity contribution in [3.63, 3.8) is 0 Å². The van der Waals surface area contributed by atoms with Crippen LogP contribution in [0.1, 0.15) is 30.5 Å². The van der Waals surface area contributed by atoms with E-state index in [9.17, 15) is 0 Å². The molecular weight excluding hydrogens is 190 g/mol. The summed E-state index contributed by atoms with van der Waals surface area (Å²) in [6.07, 6.45) is 1.26. The van der Waals surface area contributed by atoms with Crippen molar-refractivity contribution >= 4 is 11.8 Å². The van der Waals surface area contributed by atoms with Gasteiger partial charge in [-0.1, -0.05) is 31.2 Å². The first-order valence-corrected chi connectivity index (χ1v) is 6.46. The number of thioether (sulfide) groups is 1. The minimum Gasteiger partial charge on any atom is -0.306 e. The lowest BCUT2D eigenvalue weighted by Crippen LogP contribution is -2.12. The molecule has 0 radical (unpaired) electrons. The maximum Gasteiger partial charge on any atom is 0.0334 e. The fourth-order valence-electron chi connectivity index (χ4n) is 1.98. The van der Waals surface area contributed by atoms with Gasteiger partial charge >= 0.3 is 0 Å². The summed E-state index contributed by atoms with van der Waals surface area (Å²) in [7, 11) is 0. The molecule has 1 aromatic rings. The molecule has 1 N–H and O–H groups in total. The number of hydrogen-bond donors (Lipinski definition) is 1. The molecule has 2 heteroatoms. The second-order valence-corrected chi connectivity index (χ2v) is 5.01. The molecule has 0 saturated carbocycles. The van der Waals surface area contributed by atoms with Crippen LogP contribution in [0.4, 0.5) is 0 Å². The average molecular weight is 207 g/mol. The van der Waals surface area contributed by atoms with Gasteiger partial charge in [-0.2, -0.15) is 11.8 Å². The Morgan fingerprint density at radius 2 is 2.29 bits per heavy atom. The zero-order chi connectivity index (χ0) is 9.80. The second kappa shape index (κ2) is 4.85. The third kappa shape index (κ3) is 2.12. The lowest BCUT2D eigenvalue weighted by molar-refractivity contribution is 0.571. The van der Waals surface area contributed by atoms with Crippen molar-refractivity contribution in [1.29, 1.82) is 0 Å². The topological polar surface area (TPSA) is 12.0 Å². The molecule has 1 atom stereocenters. The van der Waals surface area contributed by atoms with Crippen LogP contribution < -0.4 is 5.32 Å². The van der Waals surface area contributed by atoms with Gasteiger partial charge in [0, 0.05) is 12.6 Å². The van der Waals surface area contributed by atoms with Gasteiger partial charge in [0.05, 0.1) is 0 Å². The third-order valence-corrected chi connectivity index (χ3v) is 3.66. The number of nitrogens with one attached hydrogen (secondary N) is 1. The number of rotatable bonds is 4. The van der Waals surface area contributed by atoms with Crippen LogP contribution in [0.2, 0.25) is 0 Å². The molecule has 1 aliphatic rings. The summed E-state index contributed by atoms with van der Waals surface area (Å²) >= 11 is 2.03. The molecule has 1 aliphatic heterocycles. The Morgan fingerprint density at radius 3 is 3.14 bits per heavy atom. The van der Waals surface area contributed by atoms with Crippen molar-refractivity contribution in [2.45, 2.75) is 25.9 Å². The second-order valence-electron chi connectivity index (χ2n) is 3.62. The van der Waals surface area contributed by atoms with Gasteiger partial charge in [0.25, 0.3) is 0 Å². The Balaban J connectivity index is 1.96. The van der Waals surface area contributed by atoms with Crippen molar-refractivity contribution < 1.29 is 0 Å². The minimum atomic E-state index is 0.602. The highest BCUT2D eigenvalue weighted by molar-refractivity contribution is 7.99. The van der Waals surface area contributed by atoms with Gasteiger partial charge in [0.2, 0.25) is 0 Å². The Hall–Kier alpha value is -0.470. The van der Waals surface area contributed by atoms with Crippen LogP contribution in [-0.4, -0.2) is 11.5 Å². The van der Waals surface area contributed by atoms with Gasteiger partial charge in [-0.15, -0.1) is 0 Å². The molecule has 0 saturated heterocycles. The largest absolute Gasteiger partial charge is 0.306 e. The van der Waals surface area contributed by atoms with Gasteiger partial charge in [0.1, 0.15) is 0 Å². The van der Waals surface area contributed by atoms with Crippen LogP contribution in [0, 0.1) is 0 Å². The van der Waals surface area contributed by atoms with Crippen molar-refractivity contribution in [1.82, 2.24) is 5.32 Å². The maximum atomic E-state index is 3.57. The molecule has 1 nitrogen and oxygen atoms in total. The van der Waals surface area contributed by atoms with Crippen LogP contribution in [-0.2, 0) is 6.54 Å². The molecule has 0 amide bonds. The highest BCUT2D eigenvalue weighted by Crippen LogP contribution is 2.28. The summed E-state index contributed by atoms with van der Waals surface area (Å²) in [5, 5.41) is 3.57.